The van der Waals surface area contributed by atoms with Crippen LogP contribution in [0.5, 0.6) is 5.75 Å². The van der Waals surface area contributed by atoms with Crippen molar-refractivity contribution in [2.45, 2.75) is 11.8 Å². The summed E-state index contributed by atoms with van der Waals surface area (Å²) < 4.78 is 31.1. The van der Waals surface area contributed by atoms with Gasteiger partial charge in [-0.1, -0.05) is 60.2 Å². The molecule has 10 heteroatoms. The van der Waals surface area contributed by atoms with Crippen molar-refractivity contribution in [3.63, 3.8) is 0 Å². The van der Waals surface area contributed by atoms with Crippen molar-refractivity contribution >= 4 is 61.3 Å². The highest BCUT2D eigenvalue weighted by atomic mass is 79.9. The van der Waals surface area contributed by atoms with Gasteiger partial charge >= 0.3 is 16.1 Å². The van der Waals surface area contributed by atoms with E-state index in [1.807, 2.05) is 6.92 Å². The van der Waals surface area contributed by atoms with Gasteiger partial charge in [-0.15, -0.1) is 0 Å². The van der Waals surface area contributed by atoms with E-state index in [1.165, 1.54) is 36.4 Å². The Hall–Kier alpha value is -4.54. The Labute approximate surface area is 239 Å². The molecule has 1 fully saturated rings. The second kappa shape index (κ2) is 10.9. The van der Waals surface area contributed by atoms with Gasteiger partial charge in [-0.2, -0.15) is 8.42 Å². The molecule has 0 aromatic heterocycles. The fourth-order valence-electron chi connectivity index (χ4n) is 4.05. The Kier molecular flexibility index (Phi) is 7.38. The van der Waals surface area contributed by atoms with Crippen molar-refractivity contribution in [3.05, 3.63) is 124 Å². The first-order valence-corrected chi connectivity index (χ1v) is 14.2. The van der Waals surface area contributed by atoms with Gasteiger partial charge in [-0.25, -0.2) is 14.6 Å². The van der Waals surface area contributed by atoms with Crippen molar-refractivity contribution in [3.8, 4) is 5.75 Å². The molecule has 0 bridgehead atoms. The van der Waals surface area contributed by atoms with Crippen molar-refractivity contribution in [1.29, 1.82) is 0 Å². The molecule has 4 amide bonds. The SMILES string of the molecule is Cc1ccc(S(=O)(=O)Oc2ccc(C=C3C(=O)N(c4ccccc4)C(=O)N(c4ccccc4)C3=O)cc2Br)cc1. The van der Waals surface area contributed by atoms with Gasteiger partial charge in [0.05, 0.1) is 15.8 Å². The van der Waals surface area contributed by atoms with Gasteiger partial charge in [-0.3, -0.25) is 9.59 Å². The van der Waals surface area contributed by atoms with E-state index in [4.69, 9.17) is 4.18 Å². The predicted molar refractivity (Wildman–Crippen MR) is 154 cm³/mol. The minimum atomic E-state index is -4.10. The number of halogens is 1. The van der Waals surface area contributed by atoms with Crippen LogP contribution < -0.4 is 14.0 Å². The average molecular weight is 617 g/mol. The average Bonchev–Trinajstić information content (AvgIpc) is 2.94. The largest absolute Gasteiger partial charge is 0.378 e. The minimum absolute atomic E-state index is 0.00117. The molecule has 40 heavy (non-hydrogen) atoms. The molecule has 4 aromatic rings. The summed E-state index contributed by atoms with van der Waals surface area (Å²) in [6.07, 6.45) is 1.35. The van der Waals surface area contributed by atoms with E-state index in [0.717, 1.165) is 15.4 Å². The maximum atomic E-state index is 13.5. The lowest BCUT2D eigenvalue weighted by Crippen LogP contribution is -2.57. The highest BCUT2D eigenvalue weighted by molar-refractivity contribution is 9.10. The first-order valence-electron chi connectivity index (χ1n) is 12.0. The molecular weight excluding hydrogens is 596 g/mol. The number of barbiturate groups is 1. The Morgan fingerprint density at radius 1 is 0.725 bits per heavy atom. The molecule has 0 aliphatic carbocycles. The number of hydrogen-bond donors (Lipinski definition) is 0. The summed E-state index contributed by atoms with van der Waals surface area (Å²) in [6, 6.07) is 26.5. The third kappa shape index (κ3) is 5.31. The van der Waals surface area contributed by atoms with Gasteiger partial charge < -0.3 is 4.18 Å². The fraction of sp³-hybridized carbons (Fsp3) is 0.0333. The number of imide groups is 2. The third-order valence-electron chi connectivity index (χ3n) is 6.05. The van der Waals surface area contributed by atoms with Crippen molar-refractivity contribution in [2.75, 3.05) is 9.80 Å². The number of para-hydroxylation sites is 2. The van der Waals surface area contributed by atoms with Crippen LogP contribution in [0.1, 0.15) is 11.1 Å². The number of anilines is 2. The highest BCUT2D eigenvalue weighted by Crippen LogP contribution is 2.32. The van der Waals surface area contributed by atoms with Crippen LogP contribution in [0, 0.1) is 6.92 Å². The predicted octanol–water partition coefficient (Wildman–Crippen LogP) is 6.11. The molecule has 0 atom stereocenters. The zero-order valence-corrected chi connectivity index (χ0v) is 23.4. The quantitative estimate of drug-likeness (QED) is 0.147. The zero-order valence-electron chi connectivity index (χ0n) is 21.0. The van der Waals surface area contributed by atoms with Gasteiger partial charge in [0.15, 0.2) is 5.75 Å². The molecule has 200 valence electrons. The molecule has 1 aliphatic rings. The van der Waals surface area contributed by atoms with Crippen LogP contribution in [-0.4, -0.2) is 26.3 Å². The lowest BCUT2D eigenvalue weighted by Gasteiger charge is -2.33. The topological polar surface area (TPSA) is 101 Å². The van der Waals surface area contributed by atoms with Crippen molar-refractivity contribution < 1.29 is 27.0 Å². The van der Waals surface area contributed by atoms with E-state index in [2.05, 4.69) is 15.9 Å². The summed E-state index contributed by atoms with van der Waals surface area (Å²) in [7, 11) is -4.10. The number of hydrogen-bond acceptors (Lipinski definition) is 6. The molecule has 0 spiro atoms. The minimum Gasteiger partial charge on any atom is -0.378 e. The van der Waals surface area contributed by atoms with Gasteiger partial charge in [-0.05, 0) is 83.0 Å². The fourth-order valence-corrected chi connectivity index (χ4v) is 5.58. The van der Waals surface area contributed by atoms with Gasteiger partial charge in [0, 0.05) is 0 Å². The Balaban J connectivity index is 1.51. The molecule has 0 radical (unpaired) electrons. The van der Waals surface area contributed by atoms with E-state index in [0.29, 0.717) is 16.9 Å². The molecule has 0 N–H and O–H groups in total. The van der Waals surface area contributed by atoms with Crippen molar-refractivity contribution in [2.24, 2.45) is 0 Å². The lowest BCUT2D eigenvalue weighted by molar-refractivity contribution is -0.121. The Bertz CT molecular complexity index is 1690. The number of aryl methyl sites for hydroxylation is 1. The summed E-state index contributed by atoms with van der Waals surface area (Å²) in [5.41, 5.74) is 1.67. The summed E-state index contributed by atoms with van der Waals surface area (Å²) in [5.74, 6) is -1.55. The summed E-state index contributed by atoms with van der Waals surface area (Å²) in [6.45, 7) is 1.84. The standard InChI is InChI=1S/C30H21BrN2O6S/c1-20-12-15-24(16-13-20)40(37,38)39-27-17-14-21(19-26(27)31)18-25-28(34)32(22-8-4-2-5-9-22)30(36)33(29(25)35)23-10-6-3-7-11-23/h2-19H,1H3. The van der Waals surface area contributed by atoms with E-state index in [9.17, 15) is 22.8 Å². The van der Waals surface area contributed by atoms with E-state index in [-0.39, 0.29) is 20.7 Å². The Morgan fingerprint density at radius 3 is 1.75 bits per heavy atom. The van der Waals surface area contributed by atoms with Gasteiger partial charge in [0.2, 0.25) is 0 Å². The van der Waals surface area contributed by atoms with Crippen LogP contribution in [0.3, 0.4) is 0 Å². The van der Waals surface area contributed by atoms with Crippen LogP contribution in [0.2, 0.25) is 0 Å². The molecule has 1 aliphatic heterocycles. The molecule has 0 saturated carbocycles. The molecular formula is C30H21BrN2O6S. The molecule has 1 saturated heterocycles. The maximum Gasteiger partial charge on any atom is 0.343 e. The van der Waals surface area contributed by atoms with Crippen LogP contribution in [0.4, 0.5) is 16.2 Å². The van der Waals surface area contributed by atoms with Crippen LogP contribution in [0.15, 0.2) is 118 Å². The third-order valence-corrected chi connectivity index (χ3v) is 7.92. The van der Waals surface area contributed by atoms with E-state index < -0.39 is 28.0 Å². The summed E-state index contributed by atoms with van der Waals surface area (Å²) in [5, 5.41) is 0. The number of carbonyl (C=O) groups excluding carboxylic acids is 3. The van der Waals surface area contributed by atoms with Gasteiger partial charge in [0.25, 0.3) is 11.8 Å². The van der Waals surface area contributed by atoms with E-state index >= 15 is 0 Å². The highest BCUT2D eigenvalue weighted by Gasteiger charge is 2.43. The first kappa shape index (κ1) is 27.0. The molecule has 1 heterocycles. The molecule has 5 rings (SSSR count). The molecule has 4 aromatic carbocycles. The van der Waals surface area contributed by atoms with E-state index in [1.54, 1.807) is 72.8 Å². The summed E-state index contributed by atoms with van der Waals surface area (Å²) in [4.78, 5) is 42.4. The number of nitrogens with zero attached hydrogens (tertiary/aromatic N) is 2. The molecule has 8 nitrogen and oxygen atoms in total. The molecule has 0 unspecified atom stereocenters. The first-order chi connectivity index (χ1) is 19.2. The summed E-state index contributed by atoms with van der Waals surface area (Å²) >= 11 is 3.32. The number of urea groups is 1. The van der Waals surface area contributed by atoms with Gasteiger partial charge in [0.1, 0.15) is 10.5 Å². The smallest absolute Gasteiger partial charge is 0.343 e. The van der Waals surface area contributed by atoms with Crippen LogP contribution in [-0.2, 0) is 19.7 Å². The lowest BCUT2D eigenvalue weighted by atomic mass is 10.0. The zero-order chi connectivity index (χ0) is 28.4. The maximum absolute atomic E-state index is 13.5. The Morgan fingerprint density at radius 2 is 1.25 bits per heavy atom. The van der Waals surface area contributed by atoms with Crippen LogP contribution >= 0.6 is 15.9 Å². The monoisotopic (exact) mass is 616 g/mol. The number of benzene rings is 4. The number of rotatable bonds is 6. The second-order valence-electron chi connectivity index (χ2n) is 8.83. The van der Waals surface area contributed by atoms with Crippen molar-refractivity contribution in [1.82, 2.24) is 0 Å². The number of amides is 4. The normalized spacial score (nSPS) is 13.9. The second-order valence-corrected chi connectivity index (χ2v) is 11.2. The van der Waals surface area contributed by atoms with Crippen LogP contribution in [0.25, 0.3) is 6.08 Å². The number of carbonyl (C=O) groups is 3.